The van der Waals surface area contributed by atoms with Crippen molar-refractivity contribution in [3.05, 3.63) is 12.7 Å². The molecule has 1 aliphatic heterocycles. The second-order valence-electron chi connectivity index (χ2n) is 3.50. The molecule has 70 valence electrons. The van der Waals surface area contributed by atoms with Gasteiger partial charge in [-0.2, -0.15) is 0 Å². The predicted molar refractivity (Wildman–Crippen MR) is 51.2 cm³/mol. The molecule has 0 radical (unpaired) electrons. The highest BCUT2D eigenvalue weighted by Gasteiger charge is 2.25. The van der Waals surface area contributed by atoms with Gasteiger partial charge < -0.3 is 4.57 Å². The van der Waals surface area contributed by atoms with Gasteiger partial charge in [0.25, 0.3) is 0 Å². The van der Waals surface area contributed by atoms with Gasteiger partial charge in [0.15, 0.2) is 0 Å². The highest BCUT2D eigenvalue weighted by atomic mass is 31.2. The lowest BCUT2D eigenvalue weighted by Gasteiger charge is -2.12. The van der Waals surface area contributed by atoms with Gasteiger partial charge in [-0.15, -0.1) is 6.58 Å². The van der Waals surface area contributed by atoms with E-state index in [4.69, 9.17) is 0 Å². The van der Waals surface area contributed by atoms with Crippen molar-refractivity contribution in [1.29, 1.82) is 0 Å². The topological polar surface area (TPSA) is 17.1 Å². The van der Waals surface area contributed by atoms with E-state index in [0.717, 1.165) is 12.6 Å². The van der Waals surface area contributed by atoms with Crippen molar-refractivity contribution in [3.63, 3.8) is 0 Å². The first kappa shape index (κ1) is 9.98. The standard InChI is InChI=1S/C9H16FOP/c1-2-6-12(11)7-3-4-9(10)5-8-12/h2,9H,1,3-8H2. The van der Waals surface area contributed by atoms with Gasteiger partial charge in [-0.3, -0.25) is 0 Å². The molecule has 2 unspecified atom stereocenters. The molecule has 1 aliphatic rings. The minimum absolute atomic E-state index is 0.491. The highest BCUT2D eigenvalue weighted by Crippen LogP contribution is 2.49. The summed E-state index contributed by atoms with van der Waals surface area (Å²) in [5.74, 6) is 0. The van der Waals surface area contributed by atoms with Crippen molar-refractivity contribution in [3.8, 4) is 0 Å². The third kappa shape index (κ3) is 2.75. The van der Waals surface area contributed by atoms with Crippen molar-refractivity contribution in [1.82, 2.24) is 0 Å². The van der Waals surface area contributed by atoms with E-state index in [9.17, 15) is 8.96 Å². The van der Waals surface area contributed by atoms with Crippen LogP contribution in [0.25, 0.3) is 0 Å². The third-order valence-electron chi connectivity index (χ3n) is 2.39. The maximum Gasteiger partial charge on any atom is 0.101 e. The van der Waals surface area contributed by atoms with Crippen molar-refractivity contribution >= 4 is 7.14 Å². The van der Waals surface area contributed by atoms with E-state index in [-0.39, 0.29) is 0 Å². The van der Waals surface area contributed by atoms with Crippen LogP contribution in [0.5, 0.6) is 0 Å². The Morgan fingerprint density at radius 1 is 1.50 bits per heavy atom. The number of hydrogen-bond acceptors (Lipinski definition) is 1. The zero-order valence-electron chi connectivity index (χ0n) is 7.34. The maximum absolute atomic E-state index is 12.9. The third-order valence-corrected chi connectivity index (χ3v) is 5.52. The summed E-state index contributed by atoms with van der Waals surface area (Å²) < 4.78 is 24.8. The van der Waals surface area contributed by atoms with E-state index in [1.165, 1.54) is 0 Å². The molecule has 1 saturated heterocycles. The highest BCUT2D eigenvalue weighted by molar-refractivity contribution is 7.64. The zero-order valence-corrected chi connectivity index (χ0v) is 8.23. The van der Waals surface area contributed by atoms with Gasteiger partial charge in [0.05, 0.1) is 7.14 Å². The summed E-state index contributed by atoms with van der Waals surface area (Å²) in [4.78, 5) is 0. The van der Waals surface area contributed by atoms with Crippen LogP contribution in [0.4, 0.5) is 4.39 Å². The second-order valence-corrected chi connectivity index (χ2v) is 6.88. The number of alkyl halides is 1. The smallest absolute Gasteiger partial charge is 0.101 e. The number of rotatable bonds is 2. The van der Waals surface area contributed by atoms with Crippen molar-refractivity contribution in [2.45, 2.75) is 25.4 Å². The van der Waals surface area contributed by atoms with Crippen LogP contribution in [0, 0.1) is 0 Å². The Hall–Kier alpha value is -0.100. The van der Waals surface area contributed by atoms with E-state index >= 15 is 0 Å². The molecule has 1 fully saturated rings. The second kappa shape index (κ2) is 4.23. The monoisotopic (exact) mass is 190 g/mol. The lowest BCUT2D eigenvalue weighted by atomic mass is 10.2. The predicted octanol–water partition coefficient (Wildman–Crippen LogP) is 3.06. The molecule has 0 amide bonds. The number of halogens is 1. The molecule has 3 heteroatoms. The first-order valence-electron chi connectivity index (χ1n) is 4.48. The van der Waals surface area contributed by atoms with Gasteiger partial charge >= 0.3 is 0 Å². The van der Waals surface area contributed by atoms with Crippen LogP contribution in [0.15, 0.2) is 12.7 Å². The lowest BCUT2D eigenvalue weighted by Crippen LogP contribution is -1.99. The first-order valence-corrected chi connectivity index (χ1v) is 6.74. The summed E-state index contributed by atoms with van der Waals surface area (Å²) in [6.45, 7) is 3.58. The first-order chi connectivity index (χ1) is 5.66. The molecule has 2 atom stereocenters. The Bertz CT molecular complexity index is 203. The van der Waals surface area contributed by atoms with Crippen LogP contribution >= 0.6 is 7.14 Å². The number of allylic oxidation sites excluding steroid dienone is 1. The van der Waals surface area contributed by atoms with Gasteiger partial charge in [0.1, 0.15) is 6.17 Å². The molecule has 0 aromatic carbocycles. The molecule has 0 bridgehead atoms. The quantitative estimate of drug-likeness (QED) is 0.483. The maximum atomic E-state index is 12.9. The molecular formula is C9H16FOP. The molecule has 1 heterocycles. The van der Waals surface area contributed by atoms with Crippen molar-refractivity contribution in [2.24, 2.45) is 0 Å². The summed E-state index contributed by atoms with van der Waals surface area (Å²) in [7, 11) is -2.05. The number of hydrogen-bond donors (Lipinski definition) is 0. The Kier molecular flexibility index (Phi) is 3.52. The molecule has 12 heavy (non-hydrogen) atoms. The zero-order chi connectivity index (χ0) is 9.03. The molecule has 0 N–H and O–H groups in total. The minimum atomic E-state index is -2.05. The summed E-state index contributed by atoms with van der Waals surface area (Å²) >= 11 is 0. The Labute approximate surface area is 73.4 Å². The SMILES string of the molecule is C=CCP1(=O)CCCC(F)CC1. The molecule has 1 rings (SSSR count). The minimum Gasteiger partial charge on any atom is -0.323 e. The van der Waals surface area contributed by atoms with E-state index in [1.54, 1.807) is 6.08 Å². The van der Waals surface area contributed by atoms with Crippen molar-refractivity contribution in [2.75, 3.05) is 18.5 Å². The average Bonchev–Trinajstić information content (AvgIpc) is 2.15. The van der Waals surface area contributed by atoms with E-state index < -0.39 is 13.3 Å². The Morgan fingerprint density at radius 2 is 2.25 bits per heavy atom. The molecule has 0 aromatic rings. The van der Waals surface area contributed by atoms with E-state index in [0.29, 0.717) is 25.2 Å². The summed E-state index contributed by atoms with van der Waals surface area (Å²) in [6, 6.07) is 0. The van der Waals surface area contributed by atoms with Gasteiger partial charge in [0.2, 0.25) is 0 Å². The van der Waals surface area contributed by atoms with Crippen molar-refractivity contribution < 1.29 is 8.96 Å². The van der Waals surface area contributed by atoms with Crippen LogP contribution in [0.3, 0.4) is 0 Å². The van der Waals surface area contributed by atoms with Gasteiger partial charge in [-0.05, 0) is 19.3 Å². The van der Waals surface area contributed by atoms with Gasteiger partial charge in [-0.1, -0.05) is 6.08 Å². The van der Waals surface area contributed by atoms with E-state index in [2.05, 4.69) is 6.58 Å². The summed E-state index contributed by atoms with van der Waals surface area (Å²) in [6.07, 6.45) is 4.77. The normalized spacial score (nSPS) is 37.2. The summed E-state index contributed by atoms with van der Waals surface area (Å²) in [5.41, 5.74) is 0. The Balaban J connectivity index is 2.54. The molecule has 0 aliphatic carbocycles. The molecule has 0 saturated carbocycles. The van der Waals surface area contributed by atoms with Crippen LogP contribution in [0.2, 0.25) is 0 Å². The molecule has 0 aromatic heterocycles. The molecule has 1 nitrogen and oxygen atoms in total. The van der Waals surface area contributed by atoms with Crippen LogP contribution in [-0.2, 0) is 4.57 Å². The van der Waals surface area contributed by atoms with Crippen LogP contribution in [0.1, 0.15) is 19.3 Å². The fourth-order valence-electron chi connectivity index (χ4n) is 1.65. The average molecular weight is 190 g/mol. The van der Waals surface area contributed by atoms with Gasteiger partial charge in [0, 0.05) is 18.5 Å². The van der Waals surface area contributed by atoms with Gasteiger partial charge in [-0.25, -0.2) is 4.39 Å². The Morgan fingerprint density at radius 3 is 2.92 bits per heavy atom. The lowest BCUT2D eigenvalue weighted by molar-refractivity contribution is 0.309. The fourth-order valence-corrected chi connectivity index (χ4v) is 4.22. The molecular weight excluding hydrogens is 174 g/mol. The van der Waals surface area contributed by atoms with Crippen LogP contribution in [-0.4, -0.2) is 24.7 Å². The largest absolute Gasteiger partial charge is 0.323 e. The van der Waals surface area contributed by atoms with Crippen LogP contribution < -0.4 is 0 Å². The van der Waals surface area contributed by atoms with E-state index in [1.807, 2.05) is 0 Å². The fraction of sp³-hybridized carbons (Fsp3) is 0.778. The molecule has 0 spiro atoms. The summed E-state index contributed by atoms with van der Waals surface area (Å²) in [5, 5.41) is 0.